The summed E-state index contributed by atoms with van der Waals surface area (Å²) < 4.78 is 11.3. The molecule has 1 heterocycles. The van der Waals surface area contributed by atoms with Gasteiger partial charge in [-0.05, 0) is 42.3 Å². The van der Waals surface area contributed by atoms with Gasteiger partial charge >= 0.3 is 0 Å². The zero-order chi connectivity index (χ0) is 18.4. The molecule has 26 heavy (non-hydrogen) atoms. The molecule has 1 aromatic heterocycles. The van der Waals surface area contributed by atoms with Crippen molar-refractivity contribution in [1.82, 2.24) is 0 Å². The molecular weight excluding hydrogens is 330 g/mol. The van der Waals surface area contributed by atoms with Crippen molar-refractivity contribution in [3.05, 3.63) is 90.4 Å². The number of carbonyl (C=O) groups excluding carboxylic acids is 1. The molecule has 132 valence electrons. The largest absolute Gasteiger partial charge is 0.506 e. The Morgan fingerprint density at radius 2 is 1.88 bits per heavy atom. The van der Waals surface area contributed by atoms with Crippen LogP contribution in [0.15, 0.2) is 77.7 Å². The van der Waals surface area contributed by atoms with Gasteiger partial charge in [0.2, 0.25) is 0 Å². The van der Waals surface area contributed by atoms with Crippen molar-refractivity contribution < 1.29 is 19.1 Å². The van der Waals surface area contributed by atoms with Crippen molar-refractivity contribution in [2.24, 2.45) is 0 Å². The van der Waals surface area contributed by atoms with Crippen molar-refractivity contribution >= 4 is 11.6 Å². The Bertz CT molecular complexity index is 914. The molecule has 0 aliphatic heterocycles. The third kappa shape index (κ3) is 4.13. The number of amides is 1. The first-order valence-electron chi connectivity index (χ1n) is 8.17. The number of furan rings is 1. The number of allylic oxidation sites excluding steroid dienone is 1. The van der Waals surface area contributed by atoms with Crippen molar-refractivity contribution in [1.29, 1.82) is 0 Å². The molecule has 0 saturated carbocycles. The van der Waals surface area contributed by atoms with Crippen LogP contribution in [-0.2, 0) is 13.0 Å². The number of phenolic OH excluding ortho intramolecular Hbond substituents is 1. The van der Waals surface area contributed by atoms with Crippen LogP contribution in [-0.4, -0.2) is 11.0 Å². The monoisotopic (exact) mass is 349 g/mol. The van der Waals surface area contributed by atoms with E-state index < -0.39 is 5.91 Å². The van der Waals surface area contributed by atoms with E-state index in [9.17, 15) is 9.90 Å². The van der Waals surface area contributed by atoms with Crippen LogP contribution >= 0.6 is 0 Å². The molecule has 0 unspecified atom stereocenters. The molecule has 0 bridgehead atoms. The molecule has 0 aliphatic rings. The summed E-state index contributed by atoms with van der Waals surface area (Å²) in [5.74, 6) is 0.982. The number of para-hydroxylation sites is 3. The fraction of sp³-hybridized carbons (Fsp3) is 0.0952. The SMILES string of the molecule is C=CCc1ccccc1OCc1ccc(C(=O)Nc2ccccc2O)o1. The summed E-state index contributed by atoms with van der Waals surface area (Å²) in [6.45, 7) is 3.95. The first kappa shape index (κ1) is 17.4. The number of nitrogens with one attached hydrogen (secondary N) is 1. The lowest BCUT2D eigenvalue weighted by Crippen LogP contribution is -2.10. The van der Waals surface area contributed by atoms with Gasteiger partial charge < -0.3 is 19.6 Å². The molecule has 0 spiro atoms. The number of carbonyl (C=O) groups is 1. The van der Waals surface area contributed by atoms with E-state index in [0.29, 0.717) is 17.9 Å². The van der Waals surface area contributed by atoms with Crippen LogP contribution in [0.5, 0.6) is 11.5 Å². The van der Waals surface area contributed by atoms with Gasteiger partial charge in [-0.2, -0.15) is 0 Å². The molecule has 1 amide bonds. The van der Waals surface area contributed by atoms with E-state index in [1.165, 1.54) is 6.07 Å². The molecule has 0 fully saturated rings. The number of benzene rings is 2. The summed E-state index contributed by atoms with van der Waals surface area (Å²) in [7, 11) is 0. The summed E-state index contributed by atoms with van der Waals surface area (Å²) >= 11 is 0. The molecule has 3 rings (SSSR count). The van der Waals surface area contributed by atoms with Crippen molar-refractivity contribution in [3.63, 3.8) is 0 Å². The van der Waals surface area contributed by atoms with Gasteiger partial charge in [0.1, 0.15) is 23.9 Å². The highest BCUT2D eigenvalue weighted by Crippen LogP contribution is 2.23. The number of hydrogen-bond donors (Lipinski definition) is 2. The smallest absolute Gasteiger partial charge is 0.291 e. The zero-order valence-corrected chi connectivity index (χ0v) is 14.1. The molecule has 0 aliphatic carbocycles. The quantitative estimate of drug-likeness (QED) is 0.485. The Hall–Kier alpha value is -3.47. The van der Waals surface area contributed by atoms with E-state index in [2.05, 4.69) is 11.9 Å². The predicted octanol–water partition coefficient (Wildman–Crippen LogP) is 4.55. The minimum Gasteiger partial charge on any atom is -0.506 e. The van der Waals surface area contributed by atoms with Gasteiger partial charge in [0.15, 0.2) is 5.76 Å². The van der Waals surface area contributed by atoms with Crippen LogP contribution in [0.2, 0.25) is 0 Å². The van der Waals surface area contributed by atoms with Crippen molar-refractivity contribution in [2.45, 2.75) is 13.0 Å². The summed E-state index contributed by atoms with van der Waals surface area (Å²) in [6.07, 6.45) is 2.53. The van der Waals surface area contributed by atoms with Crippen LogP contribution in [0.3, 0.4) is 0 Å². The number of phenols is 1. The second-order valence-electron chi connectivity index (χ2n) is 5.63. The third-order valence-electron chi connectivity index (χ3n) is 3.74. The first-order chi connectivity index (χ1) is 12.7. The Labute approximate surface area is 151 Å². The molecule has 0 radical (unpaired) electrons. The average molecular weight is 349 g/mol. The van der Waals surface area contributed by atoms with Gasteiger partial charge in [-0.1, -0.05) is 36.4 Å². The van der Waals surface area contributed by atoms with Gasteiger partial charge in [0, 0.05) is 0 Å². The summed E-state index contributed by atoms with van der Waals surface area (Å²) in [5.41, 5.74) is 1.36. The molecule has 2 N–H and O–H groups in total. The van der Waals surface area contributed by atoms with Crippen molar-refractivity contribution in [3.8, 4) is 11.5 Å². The Balaban J connectivity index is 1.64. The molecule has 3 aromatic rings. The fourth-order valence-electron chi connectivity index (χ4n) is 2.46. The predicted molar refractivity (Wildman–Crippen MR) is 99.4 cm³/mol. The molecule has 5 nitrogen and oxygen atoms in total. The lowest BCUT2D eigenvalue weighted by atomic mass is 10.1. The van der Waals surface area contributed by atoms with E-state index in [0.717, 1.165) is 11.3 Å². The summed E-state index contributed by atoms with van der Waals surface area (Å²) in [4.78, 5) is 12.2. The molecular formula is C21H19NO4. The lowest BCUT2D eigenvalue weighted by Gasteiger charge is -2.09. The highest BCUT2D eigenvalue weighted by Gasteiger charge is 2.13. The summed E-state index contributed by atoms with van der Waals surface area (Å²) in [6, 6.07) is 17.5. The average Bonchev–Trinajstić information content (AvgIpc) is 3.12. The Kier molecular flexibility index (Phi) is 5.39. The minimum absolute atomic E-state index is 0.00483. The van der Waals surface area contributed by atoms with E-state index in [1.54, 1.807) is 30.3 Å². The van der Waals surface area contributed by atoms with E-state index in [4.69, 9.17) is 9.15 Å². The highest BCUT2D eigenvalue weighted by atomic mass is 16.5. The Morgan fingerprint density at radius 3 is 2.69 bits per heavy atom. The molecule has 0 atom stereocenters. The van der Waals surface area contributed by atoms with Gasteiger partial charge in [-0.25, -0.2) is 0 Å². The van der Waals surface area contributed by atoms with Crippen LogP contribution in [0.4, 0.5) is 5.69 Å². The number of hydrogen-bond acceptors (Lipinski definition) is 4. The number of rotatable bonds is 7. The van der Waals surface area contributed by atoms with Gasteiger partial charge in [0.05, 0.1) is 5.69 Å². The van der Waals surface area contributed by atoms with Gasteiger partial charge in [0.25, 0.3) is 5.91 Å². The second-order valence-corrected chi connectivity index (χ2v) is 5.63. The minimum atomic E-state index is -0.440. The van der Waals surface area contributed by atoms with Gasteiger partial charge in [-0.15, -0.1) is 6.58 Å². The molecule has 5 heteroatoms. The highest BCUT2D eigenvalue weighted by molar-refractivity contribution is 6.03. The van der Waals surface area contributed by atoms with Crippen LogP contribution in [0, 0.1) is 0 Å². The van der Waals surface area contributed by atoms with Crippen LogP contribution in [0.1, 0.15) is 21.9 Å². The Morgan fingerprint density at radius 1 is 1.12 bits per heavy atom. The first-order valence-corrected chi connectivity index (χ1v) is 8.17. The molecule has 0 saturated heterocycles. The van der Waals surface area contributed by atoms with Gasteiger partial charge in [-0.3, -0.25) is 4.79 Å². The van der Waals surface area contributed by atoms with E-state index >= 15 is 0 Å². The number of aromatic hydroxyl groups is 1. The number of anilines is 1. The summed E-state index contributed by atoms with van der Waals surface area (Å²) in [5, 5.41) is 12.3. The zero-order valence-electron chi connectivity index (χ0n) is 14.1. The van der Waals surface area contributed by atoms with E-state index in [-0.39, 0.29) is 18.1 Å². The van der Waals surface area contributed by atoms with Crippen molar-refractivity contribution in [2.75, 3.05) is 5.32 Å². The maximum Gasteiger partial charge on any atom is 0.291 e. The number of ether oxygens (including phenoxy) is 1. The second kappa shape index (κ2) is 8.07. The van der Waals surface area contributed by atoms with E-state index in [1.807, 2.05) is 30.3 Å². The molecule has 2 aromatic carbocycles. The topological polar surface area (TPSA) is 71.7 Å². The van der Waals surface area contributed by atoms with Crippen LogP contribution in [0.25, 0.3) is 0 Å². The van der Waals surface area contributed by atoms with Crippen LogP contribution < -0.4 is 10.1 Å². The third-order valence-corrected chi connectivity index (χ3v) is 3.74. The fourth-order valence-corrected chi connectivity index (χ4v) is 2.46. The standard InChI is InChI=1S/C21H19NO4/c1-2-7-15-8-3-6-11-19(15)25-14-16-12-13-20(26-16)21(24)22-17-9-4-5-10-18(17)23/h2-6,8-13,23H,1,7,14H2,(H,22,24). The lowest BCUT2D eigenvalue weighted by molar-refractivity contribution is 0.0992. The normalized spacial score (nSPS) is 10.3. The maximum absolute atomic E-state index is 12.2. The maximum atomic E-state index is 12.2.